The van der Waals surface area contributed by atoms with Crippen LogP contribution in [0, 0.1) is 0 Å². The van der Waals surface area contributed by atoms with Crippen molar-refractivity contribution in [2.24, 2.45) is 0 Å². The quantitative estimate of drug-likeness (QED) is 0.608. The molecule has 0 spiro atoms. The summed E-state index contributed by atoms with van der Waals surface area (Å²) < 4.78 is 20.2. The van der Waals surface area contributed by atoms with Crippen molar-refractivity contribution in [1.82, 2.24) is 0 Å². The first kappa shape index (κ1) is 18.1. The lowest BCUT2D eigenvalue weighted by Crippen LogP contribution is -2.14. The zero-order valence-electron chi connectivity index (χ0n) is 14.1. The van der Waals surface area contributed by atoms with Crippen molar-refractivity contribution in [3.8, 4) is 23.0 Å². The number of carbonyl (C=O) groups is 2. The number of Topliss-reactive ketones (excluding diaryl/α,β-unsaturated/α-hetero) is 1. The molecule has 2 aromatic carbocycles. The van der Waals surface area contributed by atoms with E-state index >= 15 is 0 Å². The van der Waals surface area contributed by atoms with Gasteiger partial charge in [0.2, 0.25) is 0 Å². The highest BCUT2D eigenvalue weighted by atomic mass is 16.5. The molecule has 0 bridgehead atoms. The summed E-state index contributed by atoms with van der Waals surface area (Å²) >= 11 is 0. The van der Waals surface area contributed by atoms with Crippen molar-refractivity contribution in [2.45, 2.75) is 0 Å². The third-order valence-electron chi connectivity index (χ3n) is 3.46. The molecule has 0 heterocycles. The fraction of sp³-hybridized carbons (Fsp3) is 0.222. The number of methoxy groups -OCH3 is 3. The predicted molar refractivity (Wildman–Crippen MR) is 88.8 cm³/mol. The number of aromatic hydroxyl groups is 1. The number of phenolic OH excluding ortho intramolecular Hbond substituents is 1. The molecule has 0 amide bonds. The molecule has 0 unspecified atom stereocenters. The molecular weight excluding hydrogens is 328 g/mol. The minimum Gasteiger partial charge on any atom is -0.507 e. The number of rotatable bonds is 7. The Morgan fingerprint density at radius 3 is 2.28 bits per heavy atom. The van der Waals surface area contributed by atoms with Gasteiger partial charge in [0.15, 0.2) is 23.9 Å². The van der Waals surface area contributed by atoms with E-state index in [0.717, 1.165) is 0 Å². The van der Waals surface area contributed by atoms with Gasteiger partial charge in [-0.1, -0.05) is 0 Å². The van der Waals surface area contributed by atoms with E-state index in [1.165, 1.54) is 45.6 Å². The second kappa shape index (κ2) is 8.05. The van der Waals surface area contributed by atoms with Crippen LogP contribution in [0.4, 0.5) is 0 Å². The molecule has 0 aromatic heterocycles. The van der Waals surface area contributed by atoms with Crippen molar-refractivity contribution in [1.29, 1.82) is 0 Å². The molecule has 0 atom stereocenters. The van der Waals surface area contributed by atoms with Crippen molar-refractivity contribution in [2.75, 3.05) is 27.9 Å². The average molecular weight is 346 g/mol. The maximum absolute atomic E-state index is 12.2. The summed E-state index contributed by atoms with van der Waals surface area (Å²) in [5, 5.41) is 9.74. The van der Waals surface area contributed by atoms with Gasteiger partial charge in [0, 0.05) is 5.56 Å². The maximum atomic E-state index is 12.2. The molecule has 0 aliphatic carbocycles. The van der Waals surface area contributed by atoms with Crippen molar-refractivity contribution in [3.05, 3.63) is 47.5 Å². The van der Waals surface area contributed by atoms with E-state index in [1.54, 1.807) is 12.1 Å². The molecule has 7 heteroatoms. The third kappa shape index (κ3) is 4.20. The van der Waals surface area contributed by atoms with Gasteiger partial charge in [-0.3, -0.25) is 4.79 Å². The van der Waals surface area contributed by atoms with E-state index in [1.807, 2.05) is 0 Å². The molecule has 0 saturated heterocycles. The molecule has 2 rings (SSSR count). The van der Waals surface area contributed by atoms with Crippen LogP contribution in [0.1, 0.15) is 20.7 Å². The van der Waals surface area contributed by atoms with E-state index in [4.69, 9.17) is 18.9 Å². The van der Waals surface area contributed by atoms with Gasteiger partial charge in [-0.15, -0.1) is 0 Å². The topological polar surface area (TPSA) is 91.3 Å². The smallest absolute Gasteiger partial charge is 0.342 e. The standard InChI is InChI=1S/C18H18O7/c1-22-12-5-6-14(19)13(9-12)18(21)25-10-15(20)11-4-7-16(23-2)17(8-11)24-3/h4-9,19H,10H2,1-3H3. The summed E-state index contributed by atoms with van der Waals surface area (Å²) in [6.07, 6.45) is 0. The van der Waals surface area contributed by atoms with Gasteiger partial charge in [0.1, 0.15) is 17.1 Å². The monoisotopic (exact) mass is 346 g/mol. The Hall–Kier alpha value is -3.22. The van der Waals surface area contributed by atoms with E-state index in [-0.39, 0.29) is 11.3 Å². The lowest BCUT2D eigenvalue weighted by molar-refractivity contribution is 0.0471. The molecule has 7 nitrogen and oxygen atoms in total. The second-order valence-electron chi connectivity index (χ2n) is 4.95. The molecule has 0 radical (unpaired) electrons. The summed E-state index contributed by atoms with van der Waals surface area (Å²) in [5.74, 6) is -0.246. The average Bonchev–Trinajstić information content (AvgIpc) is 2.65. The number of benzene rings is 2. The first-order valence-corrected chi connectivity index (χ1v) is 7.29. The Morgan fingerprint density at radius 2 is 1.64 bits per heavy atom. The van der Waals surface area contributed by atoms with Crippen molar-refractivity contribution in [3.63, 3.8) is 0 Å². The van der Waals surface area contributed by atoms with Crippen LogP contribution < -0.4 is 14.2 Å². The van der Waals surface area contributed by atoms with Crippen LogP contribution in [0.2, 0.25) is 0 Å². The van der Waals surface area contributed by atoms with Crippen molar-refractivity contribution >= 4 is 11.8 Å². The molecule has 0 fully saturated rings. The van der Waals surface area contributed by atoms with E-state index < -0.39 is 18.4 Å². The van der Waals surface area contributed by atoms with Gasteiger partial charge in [0.25, 0.3) is 0 Å². The summed E-state index contributed by atoms with van der Waals surface area (Å²) in [6, 6.07) is 8.77. The highest BCUT2D eigenvalue weighted by Gasteiger charge is 2.17. The Labute approximate surface area is 144 Å². The third-order valence-corrected chi connectivity index (χ3v) is 3.46. The molecule has 1 N–H and O–H groups in total. The molecule has 132 valence electrons. The fourth-order valence-electron chi connectivity index (χ4n) is 2.11. The Morgan fingerprint density at radius 1 is 0.920 bits per heavy atom. The van der Waals surface area contributed by atoms with Crippen LogP contribution in [0.3, 0.4) is 0 Å². The molecule has 2 aromatic rings. The van der Waals surface area contributed by atoms with Gasteiger partial charge >= 0.3 is 5.97 Å². The van der Waals surface area contributed by atoms with E-state index in [2.05, 4.69) is 0 Å². The summed E-state index contributed by atoms with van der Waals surface area (Å²) in [6.45, 7) is -0.481. The number of esters is 1. The van der Waals surface area contributed by atoms with E-state index in [9.17, 15) is 14.7 Å². The summed E-state index contributed by atoms with van der Waals surface area (Å²) in [4.78, 5) is 24.3. The predicted octanol–water partition coefficient (Wildman–Crippen LogP) is 2.46. The number of phenols is 1. The Balaban J connectivity index is 2.08. The number of hydrogen-bond donors (Lipinski definition) is 1. The summed E-state index contributed by atoms with van der Waals surface area (Å²) in [5.41, 5.74) is 0.222. The summed E-state index contributed by atoms with van der Waals surface area (Å²) in [7, 11) is 4.38. The first-order valence-electron chi connectivity index (χ1n) is 7.29. The number of ether oxygens (including phenoxy) is 4. The van der Waals surface area contributed by atoms with Crippen LogP contribution in [-0.2, 0) is 4.74 Å². The molecule has 0 aliphatic rings. The molecule has 0 saturated carbocycles. The van der Waals surface area contributed by atoms with Crippen molar-refractivity contribution < 1.29 is 33.6 Å². The molecule has 0 aliphatic heterocycles. The van der Waals surface area contributed by atoms with Gasteiger partial charge in [-0.25, -0.2) is 4.79 Å². The van der Waals surface area contributed by atoms with Crippen LogP contribution in [-0.4, -0.2) is 44.8 Å². The zero-order valence-corrected chi connectivity index (χ0v) is 14.1. The lowest BCUT2D eigenvalue weighted by atomic mass is 10.1. The minimum atomic E-state index is -0.828. The van der Waals surface area contributed by atoms with Crippen LogP contribution in [0.5, 0.6) is 23.0 Å². The second-order valence-corrected chi connectivity index (χ2v) is 4.95. The Kier molecular flexibility index (Phi) is 5.84. The fourth-order valence-corrected chi connectivity index (χ4v) is 2.11. The SMILES string of the molecule is COc1ccc(O)c(C(=O)OCC(=O)c2ccc(OC)c(OC)c2)c1. The largest absolute Gasteiger partial charge is 0.507 e. The van der Waals surface area contributed by atoms with Gasteiger partial charge < -0.3 is 24.1 Å². The van der Waals surface area contributed by atoms with Gasteiger partial charge in [-0.2, -0.15) is 0 Å². The van der Waals surface area contributed by atoms with Gasteiger partial charge in [0.05, 0.1) is 21.3 Å². The van der Waals surface area contributed by atoms with Crippen LogP contribution in [0.25, 0.3) is 0 Å². The number of carbonyl (C=O) groups excluding carboxylic acids is 2. The maximum Gasteiger partial charge on any atom is 0.342 e. The molecule has 25 heavy (non-hydrogen) atoms. The lowest BCUT2D eigenvalue weighted by Gasteiger charge is -2.10. The number of ketones is 1. The minimum absolute atomic E-state index is 0.0838. The number of hydrogen-bond acceptors (Lipinski definition) is 7. The van der Waals surface area contributed by atoms with Gasteiger partial charge in [-0.05, 0) is 36.4 Å². The van der Waals surface area contributed by atoms with E-state index in [0.29, 0.717) is 22.8 Å². The van der Waals surface area contributed by atoms with Crippen LogP contribution in [0.15, 0.2) is 36.4 Å². The zero-order chi connectivity index (χ0) is 18.4. The highest BCUT2D eigenvalue weighted by Crippen LogP contribution is 2.28. The normalized spacial score (nSPS) is 10.0. The first-order chi connectivity index (χ1) is 12.0. The Bertz CT molecular complexity index is 783. The molecular formula is C18H18O7. The van der Waals surface area contributed by atoms with Crippen LogP contribution >= 0.6 is 0 Å². The highest BCUT2D eigenvalue weighted by molar-refractivity contribution is 6.00.